The van der Waals surface area contributed by atoms with Gasteiger partial charge in [0.05, 0.1) is 6.04 Å². The third-order valence-electron chi connectivity index (χ3n) is 6.42. The molecule has 6 nitrogen and oxygen atoms in total. The topological polar surface area (TPSA) is 69.7 Å². The van der Waals surface area contributed by atoms with Gasteiger partial charge in [-0.05, 0) is 49.3 Å². The predicted molar refractivity (Wildman–Crippen MR) is 106 cm³/mol. The molecule has 1 aromatic rings. The Kier molecular flexibility index (Phi) is 5.08. The molecule has 0 bridgehead atoms. The summed E-state index contributed by atoms with van der Waals surface area (Å²) in [6.07, 6.45) is 6.43. The van der Waals surface area contributed by atoms with Gasteiger partial charge in [-0.15, -0.1) is 0 Å². The molecule has 4 amide bonds. The highest BCUT2D eigenvalue weighted by molar-refractivity contribution is 6.30. The smallest absolute Gasteiger partial charge is 0.327 e. The Hall–Kier alpha value is -2.08. The quantitative estimate of drug-likeness (QED) is 0.765. The molecule has 1 heterocycles. The zero-order valence-corrected chi connectivity index (χ0v) is 16.9. The molecule has 0 aromatic heterocycles. The summed E-state index contributed by atoms with van der Waals surface area (Å²) < 4.78 is 0. The minimum Gasteiger partial charge on any atom is -0.347 e. The molecule has 1 aliphatic heterocycles. The van der Waals surface area contributed by atoms with E-state index in [1.54, 1.807) is 11.9 Å². The number of hydrogen-bond acceptors (Lipinski definition) is 3. The monoisotopic (exact) mass is 403 g/mol. The highest BCUT2D eigenvalue weighted by Crippen LogP contribution is 2.42. The van der Waals surface area contributed by atoms with Gasteiger partial charge in [-0.1, -0.05) is 43.0 Å². The van der Waals surface area contributed by atoms with Crippen LogP contribution in [0.4, 0.5) is 4.79 Å². The number of halogens is 1. The lowest BCUT2D eigenvalue weighted by Crippen LogP contribution is -2.49. The highest BCUT2D eigenvalue weighted by atomic mass is 35.5. The molecule has 0 radical (unpaired) electrons. The average molecular weight is 404 g/mol. The van der Waals surface area contributed by atoms with Crippen molar-refractivity contribution in [1.82, 2.24) is 15.1 Å². The van der Waals surface area contributed by atoms with E-state index in [9.17, 15) is 14.4 Å². The Bertz CT molecular complexity index is 785. The number of carbonyl (C=O) groups excluding carboxylic acids is 3. The number of rotatable bonds is 5. The fourth-order valence-electron chi connectivity index (χ4n) is 4.61. The van der Waals surface area contributed by atoms with Crippen molar-refractivity contribution in [2.75, 3.05) is 13.6 Å². The Morgan fingerprint density at radius 1 is 1.18 bits per heavy atom. The number of hydrogen-bond donors (Lipinski definition) is 1. The van der Waals surface area contributed by atoms with Gasteiger partial charge in [0.2, 0.25) is 5.91 Å². The average Bonchev–Trinajstić information content (AvgIpc) is 3.53. The second-order valence-corrected chi connectivity index (χ2v) is 8.70. The number of nitrogens with zero attached hydrogens (tertiary/aromatic N) is 2. The predicted octanol–water partition coefficient (Wildman–Crippen LogP) is 3.50. The van der Waals surface area contributed by atoms with E-state index in [2.05, 4.69) is 5.32 Å². The normalized spacial score (nSPS) is 22.6. The molecule has 4 rings (SSSR count). The van der Waals surface area contributed by atoms with E-state index in [4.69, 9.17) is 11.6 Å². The van der Waals surface area contributed by atoms with Crippen LogP contribution in [0.1, 0.15) is 56.6 Å². The minimum atomic E-state index is -0.748. The summed E-state index contributed by atoms with van der Waals surface area (Å²) in [6.45, 7) is -0.222. The van der Waals surface area contributed by atoms with E-state index in [1.807, 2.05) is 24.3 Å². The lowest BCUT2D eigenvalue weighted by molar-refractivity contribution is -0.137. The number of likely N-dealkylation sites (N-methyl/N-ethyl adjacent to an activating group) is 1. The fourth-order valence-corrected chi connectivity index (χ4v) is 4.73. The van der Waals surface area contributed by atoms with Gasteiger partial charge in [0.1, 0.15) is 12.1 Å². The van der Waals surface area contributed by atoms with Crippen LogP contribution in [-0.2, 0) is 9.59 Å². The molecule has 28 heavy (non-hydrogen) atoms. The van der Waals surface area contributed by atoms with Crippen LogP contribution in [-0.4, -0.2) is 46.8 Å². The Balaban J connectivity index is 1.46. The third-order valence-corrected chi connectivity index (χ3v) is 6.68. The summed E-state index contributed by atoms with van der Waals surface area (Å²) in [7, 11) is 1.68. The van der Waals surface area contributed by atoms with Crippen LogP contribution in [0.5, 0.6) is 0 Å². The maximum absolute atomic E-state index is 13.0. The lowest BCUT2D eigenvalue weighted by Gasteiger charge is -2.35. The van der Waals surface area contributed by atoms with Gasteiger partial charge < -0.3 is 10.2 Å². The molecule has 1 saturated heterocycles. The first kappa shape index (κ1) is 19.2. The first-order chi connectivity index (χ1) is 13.4. The van der Waals surface area contributed by atoms with E-state index in [0.29, 0.717) is 23.8 Å². The minimum absolute atomic E-state index is 0.112. The van der Waals surface area contributed by atoms with Crippen LogP contribution < -0.4 is 5.32 Å². The first-order valence-corrected chi connectivity index (χ1v) is 10.4. The number of carbonyl (C=O) groups is 3. The molecular formula is C21H26ClN3O3. The Labute approximate surface area is 170 Å². The molecule has 3 fully saturated rings. The van der Waals surface area contributed by atoms with Crippen LogP contribution in [0.15, 0.2) is 24.3 Å². The van der Waals surface area contributed by atoms with E-state index in [-0.39, 0.29) is 30.4 Å². The number of amides is 4. The number of nitrogens with one attached hydrogen (secondary N) is 1. The van der Waals surface area contributed by atoms with Crippen LogP contribution in [0, 0.1) is 5.92 Å². The molecule has 1 spiro atoms. The van der Waals surface area contributed by atoms with Crippen LogP contribution in [0.2, 0.25) is 5.02 Å². The summed E-state index contributed by atoms with van der Waals surface area (Å²) in [4.78, 5) is 41.2. The molecule has 2 aliphatic carbocycles. The van der Waals surface area contributed by atoms with Crippen molar-refractivity contribution >= 4 is 29.4 Å². The molecule has 1 aromatic carbocycles. The van der Waals surface area contributed by atoms with Gasteiger partial charge in [0.25, 0.3) is 5.91 Å². The standard InChI is InChI=1S/C21H26ClN3O3/c1-24-20(28)25(19(27)21(24)11-3-2-4-12-21)13-17(26)23-18(14-5-6-14)15-7-9-16(22)10-8-15/h7-10,14,18H,2-6,11-13H2,1H3,(H,23,26). The van der Waals surface area contributed by atoms with Gasteiger partial charge in [0, 0.05) is 12.1 Å². The van der Waals surface area contributed by atoms with E-state index >= 15 is 0 Å². The van der Waals surface area contributed by atoms with Gasteiger partial charge in [-0.3, -0.25) is 14.5 Å². The zero-order chi connectivity index (χ0) is 19.9. The second-order valence-electron chi connectivity index (χ2n) is 8.26. The molecule has 3 aliphatic rings. The van der Waals surface area contributed by atoms with Gasteiger partial charge in [-0.25, -0.2) is 4.79 Å². The molecule has 2 saturated carbocycles. The van der Waals surface area contributed by atoms with Crippen LogP contribution >= 0.6 is 11.6 Å². The first-order valence-electron chi connectivity index (χ1n) is 10.1. The maximum atomic E-state index is 13.0. The number of urea groups is 1. The molecule has 150 valence electrons. The van der Waals surface area contributed by atoms with Crippen LogP contribution in [0.3, 0.4) is 0 Å². The van der Waals surface area contributed by atoms with Crippen molar-refractivity contribution in [2.45, 2.75) is 56.5 Å². The van der Waals surface area contributed by atoms with E-state index in [0.717, 1.165) is 42.6 Å². The number of benzene rings is 1. The molecule has 7 heteroatoms. The second kappa shape index (κ2) is 7.39. The third kappa shape index (κ3) is 3.39. The van der Waals surface area contributed by atoms with Crippen molar-refractivity contribution in [3.8, 4) is 0 Å². The van der Waals surface area contributed by atoms with Crippen LogP contribution in [0.25, 0.3) is 0 Å². The van der Waals surface area contributed by atoms with Gasteiger partial charge >= 0.3 is 6.03 Å². The van der Waals surface area contributed by atoms with Gasteiger partial charge in [0.15, 0.2) is 0 Å². The molecule has 1 unspecified atom stereocenters. The van der Waals surface area contributed by atoms with Crippen molar-refractivity contribution in [3.63, 3.8) is 0 Å². The summed E-state index contributed by atoms with van der Waals surface area (Å²) >= 11 is 5.97. The van der Waals surface area contributed by atoms with Gasteiger partial charge in [-0.2, -0.15) is 0 Å². The van der Waals surface area contributed by atoms with Crippen molar-refractivity contribution in [2.24, 2.45) is 5.92 Å². The SMILES string of the molecule is CN1C(=O)N(CC(=O)NC(c2ccc(Cl)cc2)C2CC2)C(=O)C12CCCCC2. The lowest BCUT2D eigenvalue weighted by atomic mass is 9.81. The summed E-state index contributed by atoms with van der Waals surface area (Å²) in [5.41, 5.74) is 0.252. The molecule has 1 atom stereocenters. The highest BCUT2D eigenvalue weighted by Gasteiger charge is 2.55. The summed E-state index contributed by atoms with van der Waals surface area (Å²) in [5, 5.41) is 3.69. The van der Waals surface area contributed by atoms with E-state index in [1.165, 1.54) is 0 Å². The van der Waals surface area contributed by atoms with E-state index < -0.39 is 5.54 Å². The zero-order valence-electron chi connectivity index (χ0n) is 16.1. The van der Waals surface area contributed by atoms with Crippen molar-refractivity contribution in [1.29, 1.82) is 0 Å². The fraction of sp³-hybridized carbons (Fsp3) is 0.571. The number of imide groups is 1. The molecular weight excluding hydrogens is 378 g/mol. The maximum Gasteiger partial charge on any atom is 0.327 e. The van der Waals surface area contributed by atoms with Crippen molar-refractivity contribution < 1.29 is 14.4 Å². The Morgan fingerprint density at radius 2 is 1.82 bits per heavy atom. The molecule has 1 N–H and O–H groups in total. The largest absolute Gasteiger partial charge is 0.347 e. The Morgan fingerprint density at radius 3 is 2.43 bits per heavy atom. The summed E-state index contributed by atoms with van der Waals surface area (Å²) in [6, 6.07) is 6.99. The summed E-state index contributed by atoms with van der Waals surface area (Å²) in [5.74, 6) is -0.124. The van der Waals surface area contributed by atoms with Crippen molar-refractivity contribution in [3.05, 3.63) is 34.9 Å².